The Bertz CT molecular complexity index is 363. The minimum Gasteiger partial charge on any atom is -0.373 e. The van der Waals surface area contributed by atoms with Gasteiger partial charge in [0, 0.05) is 19.8 Å². The molecule has 0 bridgehead atoms. The number of pyridine rings is 1. The Hall–Kier alpha value is -1.13. The molecule has 0 aliphatic heterocycles. The first kappa shape index (κ1) is 16.9. The number of anilines is 1. The van der Waals surface area contributed by atoms with Crippen LogP contribution >= 0.6 is 0 Å². The summed E-state index contributed by atoms with van der Waals surface area (Å²) in [4.78, 5) is 9.25. The van der Waals surface area contributed by atoms with Crippen molar-refractivity contribution in [3.05, 3.63) is 23.9 Å². The van der Waals surface area contributed by atoms with Crippen molar-refractivity contribution in [2.45, 2.75) is 33.7 Å². The van der Waals surface area contributed by atoms with Gasteiger partial charge in [0.25, 0.3) is 0 Å². The third-order valence-corrected chi connectivity index (χ3v) is 3.78. The quantitative estimate of drug-likeness (QED) is 0.713. The maximum atomic E-state index is 4.26. The minimum atomic E-state index is 0.946. The van der Waals surface area contributed by atoms with Crippen LogP contribution in [0.25, 0.3) is 0 Å². The first-order valence-electron chi connectivity index (χ1n) is 7.80. The Morgan fingerprint density at radius 2 is 1.70 bits per heavy atom. The molecule has 20 heavy (non-hydrogen) atoms. The normalized spacial score (nSPS) is 11.3. The number of nitrogens with zero attached hydrogens (tertiary/aromatic N) is 3. The van der Waals surface area contributed by atoms with Gasteiger partial charge in [0.05, 0.1) is 0 Å². The van der Waals surface area contributed by atoms with Gasteiger partial charge in [0.15, 0.2) is 0 Å². The molecule has 0 radical (unpaired) electrons. The van der Waals surface area contributed by atoms with Crippen LogP contribution in [0.15, 0.2) is 18.3 Å². The van der Waals surface area contributed by atoms with Crippen molar-refractivity contribution in [3.63, 3.8) is 0 Å². The van der Waals surface area contributed by atoms with Crippen LogP contribution in [0.2, 0.25) is 0 Å². The van der Waals surface area contributed by atoms with Gasteiger partial charge in [-0.25, -0.2) is 4.98 Å². The van der Waals surface area contributed by atoms with Gasteiger partial charge in [-0.2, -0.15) is 0 Å². The maximum Gasteiger partial charge on any atom is 0.125 e. The summed E-state index contributed by atoms with van der Waals surface area (Å²) in [6, 6.07) is 4.24. The van der Waals surface area contributed by atoms with Gasteiger partial charge in [-0.3, -0.25) is 4.90 Å². The summed E-state index contributed by atoms with van der Waals surface area (Å²) in [5.41, 5.74) is 1.33. The van der Waals surface area contributed by atoms with E-state index in [2.05, 4.69) is 53.0 Å². The number of hydrogen-bond acceptors (Lipinski definition) is 4. The van der Waals surface area contributed by atoms with Crippen LogP contribution < -0.4 is 5.32 Å². The van der Waals surface area contributed by atoms with Crippen molar-refractivity contribution < 1.29 is 0 Å². The molecular formula is C16H30N4. The largest absolute Gasteiger partial charge is 0.373 e. The molecule has 1 aromatic rings. The van der Waals surface area contributed by atoms with Crippen LogP contribution in [0.5, 0.6) is 0 Å². The predicted molar refractivity (Wildman–Crippen MR) is 87.1 cm³/mol. The zero-order valence-electron chi connectivity index (χ0n) is 13.5. The topological polar surface area (TPSA) is 31.4 Å². The molecule has 0 atom stereocenters. The summed E-state index contributed by atoms with van der Waals surface area (Å²) in [5.74, 6) is 0.946. The van der Waals surface area contributed by atoms with E-state index in [0.717, 1.165) is 38.5 Å². The molecule has 114 valence electrons. The van der Waals surface area contributed by atoms with E-state index in [0.29, 0.717) is 0 Å². The highest BCUT2D eigenvalue weighted by Crippen LogP contribution is 2.09. The Balaban J connectivity index is 2.42. The Morgan fingerprint density at radius 3 is 2.30 bits per heavy atom. The summed E-state index contributed by atoms with van der Waals surface area (Å²) in [5, 5.41) is 3.10. The molecule has 0 saturated carbocycles. The van der Waals surface area contributed by atoms with E-state index in [9.17, 15) is 0 Å². The number of hydrogen-bond donors (Lipinski definition) is 1. The second-order valence-electron chi connectivity index (χ2n) is 5.05. The standard InChI is InChI=1S/C16H30N4/c1-5-19(6-2)11-8-12-20(7-3)14-15-9-10-18-16(13-15)17-4/h9-10,13H,5-8,11-12,14H2,1-4H3,(H,17,18). The molecule has 0 amide bonds. The van der Waals surface area contributed by atoms with Crippen LogP contribution in [0.4, 0.5) is 5.82 Å². The third kappa shape index (κ3) is 5.88. The van der Waals surface area contributed by atoms with Gasteiger partial charge in [-0.15, -0.1) is 0 Å². The van der Waals surface area contributed by atoms with Gasteiger partial charge in [-0.05, 0) is 56.8 Å². The molecular weight excluding hydrogens is 248 g/mol. The van der Waals surface area contributed by atoms with Crippen LogP contribution in [-0.2, 0) is 6.54 Å². The average molecular weight is 278 g/mol. The molecule has 0 spiro atoms. The smallest absolute Gasteiger partial charge is 0.125 e. The SMILES string of the molecule is CCN(CC)CCCN(CC)Cc1ccnc(NC)c1. The molecule has 4 nitrogen and oxygen atoms in total. The molecule has 1 heterocycles. The van der Waals surface area contributed by atoms with Crippen LogP contribution in [0, 0.1) is 0 Å². The monoisotopic (exact) mass is 278 g/mol. The van der Waals surface area contributed by atoms with Crippen molar-refractivity contribution in [2.24, 2.45) is 0 Å². The van der Waals surface area contributed by atoms with Gasteiger partial charge >= 0.3 is 0 Å². The summed E-state index contributed by atoms with van der Waals surface area (Å²) in [6.45, 7) is 13.5. The van der Waals surface area contributed by atoms with Gasteiger partial charge < -0.3 is 10.2 Å². The van der Waals surface area contributed by atoms with Crippen LogP contribution in [0.3, 0.4) is 0 Å². The molecule has 4 heteroatoms. The highest BCUT2D eigenvalue weighted by atomic mass is 15.1. The van der Waals surface area contributed by atoms with Crippen molar-refractivity contribution in [1.29, 1.82) is 0 Å². The summed E-state index contributed by atoms with van der Waals surface area (Å²) < 4.78 is 0. The molecule has 0 saturated heterocycles. The fourth-order valence-electron chi connectivity index (χ4n) is 2.37. The lowest BCUT2D eigenvalue weighted by atomic mass is 10.2. The fourth-order valence-corrected chi connectivity index (χ4v) is 2.37. The fraction of sp³-hybridized carbons (Fsp3) is 0.688. The summed E-state index contributed by atoms with van der Waals surface area (Å²) in [6.07, 6.45) is 3.12. The predicted octanol–water partition coefficient (Wildman–Crippen LogP) is 2.68. The second kappa shape index (κ2) is 9.72. The van der Waals surface area contributed by atoms with Crippen molar-refractivity contribution >= 4 is 5.82 Å². The average Bonchev–Trinajstić information content (AvgIpc) is 2.50. The molecule has 1 N–H and O–H groups in total. The van der Waals surface area contributed by atoms with E-state index in [1.807, 2.05) is 13.2 Å². The maximum absolute atomic E-state index is 4.26. The molecule has 0 aliphatic carbocycles. The molecule has 0 aliphatic rings. The van der Waals surface area contributed by atoms with Crippen LogP contribution in [0.1, 0.15) is 32.8 Å². The van der Waals surface area contributed by atoms with Crippen molar-refractivity contribution in [2.75, 3.05) is 45.1 Å². The second-order valence-corrected chi connectivity index (χ2v) is 5.05. The molecule has 0 fully saturated rings. The minimum absolute atomic E-state index is 0.946. The van der Waals surface area contributed by atoms with Crippen molar-refractivity contribution in [1.82, 2.24) is 14.8 Å². The Kier molecular flexibility index (Phi) is 8.23. The van der Waals surface area contributed by atoms with E-state index < -0.39 is 0 Å². The first-order valence-corrected chi connectivity index (χ1v) is 7.80. The van der Waals surface area contributed by atoms with E-state index in [1.165, 1.54) is 18.5 Å². The number of nitrogens with one attached hydrogen (secondary N) is 1. The molecule has 1 rings (SSSR count). The highest BCUT2D eigenvalue weighted by molar-refractivity contribution is 5.36. The molecule has 1 aromatic heterocycles. The Morgan fingerprint density at radius 1 is 1.05 bits per heavy atom. The lowest BCUT2D eigenvalue weighted by Crippen LogP contribution is -2.29. The van der Waals surface area contributed by atoms with Gasteiger partial charge in [0.2, 0.25) is 0 Å². The van der Waals surface area contributed by atoms with E-state index in [1.54, 1.807) is 0 Å². The third-order valence-electron chi connectivity index (χ3n) is 3.78. The lowest BCUT2D eigenvalue weighted by Gasteiger charge is -2.23. The summed E-state index contributed by atoms with van der Waals surface area (Å²) in [7, 11) is 1.91. The van der Waals surface area contributed by atoms with Gasteiger partial charge in [-0.1, -0.05) is 20.8 Å². The number of rotatable bonds is 10. The van der Waals surface area contributed by atoms with E-state index in [-0.39, 0.29) is 0 Å². The van der Waals surface area contributed by atoms with Crippen molar-refractivity contribution in [3.8, 4) is 0 Å². The van der Waals surface area contributed by atoms with E-state index in [4.69, 9.17) is 0 Å². The van der Waals surface area contributed by atoms with Crippen LogP contribution in [-0.4, -0.2) is 54.6 Å². The zero-order valence-corrected chi connectivity index (χ0v) is 13.5. The summed E-state index contributed by atoms with van der Waals surface area (Å²) >= 11 is 0. The van der Waals surface area contributed by atoms with E-state index >= 15 is 0 Å². The molecule has 0 unspecified atom stereocenters. The Labute approximate surface area is 124 Å². The van der Waals surface area contributed by atoms with Gasteiger partial charge in [0.1, 0.15) is 5.82 Å². The zero-order chi connectivity index (χ0) is 14.8. The lowest BCUT2D eigenvalue weighted by molar-refractivity contribution is 0.238. The first-order chi connectivity index (χ1) is 9.73. The number of aromatic nitrogens is 1. The molecule has 0 aromatic carbocycles. The highest BCUT2D eigenvalue weighted by Gasteiger charge is 2.06.